The van der Waals surface area contributed by atoms with Gasteiger partial charge in [0, 0.05) is 25.7 Å². The first-order valence-corrected chi connectivity index (χ1v) is 36.1. The Morgan fingerprint density at radius 2 is 0.561 bits per heavy atom. The molecule has 3 N–H and O–H groups in total. The van der Waals surface area contributed by atoms with Gasteiger partial charge in [0.15, 0.2) is 12.2 Å². The zero-order chi connectivity index (χ0) is 60.6. The van der Waals surface area contributed by atoms with Crippen LogP contribution in [-0.4, -0.2) is 96.7 Å². The first-order valence-electron chi connectivity index (χ1n) is 33.1. The van der Waals surface area contributed by atoms with Gasteiger partial charge in [0.1, 0.15) is 19.3 Å². The Labute approximate surface area is 498 Å². The summed E-state index contributed by atoms with van der Waals surface area (Å²) in [5.74, 6) is -1.40. The predicted octanol–water partition coefficient (Wildman–Crippen LogP) is 17.4. The molecule has 0 aromatic carbocycles. The molecule has 0 saturated heterocycles. The van der Waals surface area contributed by atoms with Gasteiger partial charge in [-0.2, -0.15) is 0 Å². The maximum atomic E-state index is 13.0. The van der Waals surface area contributed by atoms with E-state index in [2.05, 4.69) is 34.6 Å². The van der Waals surface area contributed by atoms with Crippen molar-refractivity contribution in [2.75, 3.05) is 39.6 Å². The van der Waals surface area contributed by atoms with Gasteiger partial charge in [-0.3, -0.25) is 37.3 Å². The molecule has 486 valence electrons. The predicted molar refractivity (Wildman–Crippen MR) is 326 cm³/mol. The Bertz CT molecular complexity index is 1600. The van der Waals surface area contributed by atoms with Crippen LogP contribution in [0.4, 0.5) is 0 Å². The Hall–Kier alpha value is -1.94. The Balaban J connectivity index is 5.18. The van der Waals surface area contributed by atoms with Crippen LogP contribution in [-0.2, 0) is 65.4 Å². The van der Waals surface area contributed by atoms with E-state index in [0.717, 1.165) is 102 Å². The minimum Gasteiger partial charge on any atom is -0.462 e. The van der Waals surface area contributed by atoms with Crippen molar-refractivity contribution in [2.45, 2.75) is 335 Å². The number of aliphatic hydroxyl groups is 1. The minimum absolute atomic E-state index is 0.106. The lowest BCUT2D eigenvalue weighted by molar-refractivity contribution is -0.161. The van der Waals surface area contributed by atoms with Gasteiger partial charge < -0.3 is 33.8 Å². The van der Waals surface area contributed by atoms with Gasteiger partial charge in [-0.15, -0.1) is 0 Å². The molecular weight excluding hydrogens is 1090 g/mol. The molecule has 0 aliphatic heterocycles. The van der Waals surface area contributed by atoms with Crippen molar-refractivity contribution < 1.29 is 80.2 Å². The molecule has 82 heavy (non-hydrogen) atoms. The third-order valence-electron chi connectivity index (χ3n) is 14.5. The number of ether oxygens (including phenoxy) is 4. The summed E-state index contributed by atoms with van der Waals surface area (Å²) in [6.45, 7) is 7.09. The average Bonchev–Trinajstić information content (AvgIpc) is 3.46. The van der Waals surface area contributed by atoms with Gasteiger partial charge in [-0.25, -0.2) is 9.13 Å². The van der Waals surface area contributed by atoms with Crippen molar-refractivity contribution in [3.8, 4) is 0 Å². The van der Waals surface area contributed by atoms with E-state index in [1.807, 2.05) is 0 Å². The molecule has 0 heterocycles. The van der Waals surface area contributed by atoms with Crippen molar-refractivity contribution in [1.29, 1.82) is 0 Å². The van der Waals surface area contributed by atoms with Gasteiger partial charge in [0.25, 0.3) is 0 Å². The topological polar surface area (TPSA) is 237 Å². The number of carbonyl (C=O) groups is 4. The summed E-state index contributed by atoms with van der Waals surface area (Å²) in [4.78, 5) is 71.9. The fourth-order valence-corrected chi connectivity index (χ4v) is 11.0. The second-order valence-corrected chi connectivity index (χ2v) is 26.2. The highest BCUT2D eigenvalue weighted by atomic mass is 31.2. The Kier molecular flexibility index (Phi) is 55.5. The third-order valence-corrected chi connectivity index (χ3v) is 16.4. The van der Waals surface area contributed by atoms with E-state index in [9.17, 15) is 43.2 Å². The first kappa shape index (κ1) is 80.1. The first-order chi connectivity index (χ1) is 39.5. The van der Waals surface area contributed by atoms with Crippen LogP contribution in [0.3, 0.4) is 0 Å². The molecular formula is C63H122O17P2. The largest absolute Gasteiger partial charge is 0.472 e. The standard InChI is InChI=1S/C63H122O17P2/c1-6-9-12-15-17-19-21-22-23-25-29-34-39-44-49-63(68)80-59(53-74-61(66)47-42-37-32-30-26-27-31-36-40-45-56(4)5)55-78-82(71,72)76-51-57(64)50-75-81(69,70)77-54-58(52-73-60(65)46-41-35-14-11-8-3)79-62(67)48-43-38-33-28-24-20-18-16-13-10-7-2/h56-59,64H,6-55H2,1-5H3,(H,69,70)(H,71,72)/t57-,58+,59+/m0/s1. The zero-order valence-corrected chi connectivity index (χ0v) is 54.4. The van der Waals surface area contributed by atoms with Crippen LogP contribution in [0.1, 0.15) is 317 Å². The second-order valence-electron chi connectivity index (χ2n) is 23.3. The number of rotatable bonds is 63. The van der Waals surface area contributed by atoms with E-state index in [4.69, 9.17) is 37.0 Å². The summed E-state index contributed by atoms with van der Waals surface area (Å²) >= 11 is 0. The number of hydrogen-bond acceptors (Lipinski definition) is 15. The van der Waals surface area contributed by atoms with E-state index >= 15 is 0 Å². The molecule has 17 nitrogen and oxygen atoms in total. The van der Waals surface area contributed by atoms with Crippen LogP contribution in [0.15, 0.2) is 0 Å². The number of aliphatic hydroxyl groups excluding tert-OH is 1. The molecule has 0 bridgehead atoms. The molecule has 0 fully saturated rings. The van der Waals surface area contributed by atoms with Crippen molar-refractivity contribution in [2.24, 2.45) is 5.92 Å². The highest BCUT2D eigenvalue weighted by Crippen LogP contribution is 2.45. The van der Waals surface area contributed by atoms with Crippen LogP contribution < -0.4 is 0 Å². The lowest BCUT2D eigenvalue weighted by atomic mass is 10.0. The highest BCUT2D eigenvalue weighted by molar-refractivity contribution is 7.47. The zero-order valence-electron chi connectivity index (χ0n) is 52.6. The molecule has 2 unspecified atom stereocenters. The fraction of sp³-hybridized carbons (Fsp3) is 0.937. The van der Waals surface area contributed by atoms with Crippen LogP contribution in [0.2, 0.25) is 0 Å². The quantitative estimate of drug-likeness (QED) is 0.0222. The molecule has 0 radical (unpaired) electrons. The maximum absolute atomic E-state index is 13.0. The Morgan fingerprint density at radius 1 is 0.329 bits per heavy atom. The molecule has 0 amide bonds. The molecule has 0 spiro atoms. The highest BCUT2D eigenvalue weighted by Gasteiger charge is 2.30. The average molecular weight is 1210 g/mol. The summed E-state index contributed by atoms with van der Waals surface area (Å²) in [5.41, 5.74) is 0. The van der Waals surface area contributed by atoms with Gasteiger partial charge in [-0.1, -0.05) is 266 Å². The number of unbranched alkanes of at least 4 members (excludes halogenated alkanes) is 35. The Morgan fingerprint density at radius 3 is 0.829 bits per heavy atom. The second kappa shape index (κ2) is 56.8. The summed E-state index contributed by atoms with van der Waals surface area (Å²) in [6.07, 6.45) is 40.6. The van der Waals surface area contributed by atoms with Crippen molar-refractivity contribution in [1.82, 2.24) is 0 Å². The number of phosphoric ester groups is 2. The van der Waals surface area contributed by atoms with E-state index in [1.165, 1.54) is 135 Å². The van der Waals surface area contributed by atoms with Crippen molar-refractivity contribution in [3.05, 3.63) is 0 Å². The van der Waals surface area contributed by atoms with Gasteiger partial charge in [0.2, 0.25) is 0 Å². The molecule has 0 aliphatic rings. The summed E-state index contributed by atoms with van der Waals surface area (Å²) in [5, 5.41) is 10.5. The third kappa shape index (κ3) is 57.2. The minimum atomic E-state index is -4.94. The van der Waals surface area contributed by atoms with Crippen LogP contribution in [0.5, 0.6) is 0 Å². The molecule has 0 aromatic rings. The molecule has 0 saturated carbocycles. The SMILES string of the molecule is CCCCCCCCCCCCCCCCC(=O)O[C@H](COC(=O)CCCCCCCCCCCC(C)C)COP(=O)(O)OC[C@@H](O)COP(=O)(O)OC[C@@H](COC(=O)CCCCCCC)OC(=O)CCCCCCCCCCCCC. The molecule has 0 aromatic heterocycles. The van der Waals surface area contributed by atoms with Crippen LogP contribution >= 0.6 is 15.6 Å². The van der Waals surface area contributed by atoms with E-state index in [-0.39, 0.29) is 25.7 Å². The van der Waals surface area contributed by atoms with Crippen molar-refractivity contribution >= 4 is 39.5 Å². The van der Waals surface area contributed by atoms with E-state index in [0.29, 0.717) is 25.7 Å². The number of phosphoric acid groups is 2. The van der Waals surface area contributed by atoms with Gasteiger partial charge >= 0.3 is 39.5 Å². The smallest absolute Gasteiger partial charge is 0.462 e. The monoisotopic (exact) mass is 1210 g/mol. The molecule has 5 atom stereocenters. The summed E-state index contributed by atoms with van der Waals surface area (Å²) in [7, 11) is -9.88. The maximum Gasteiger partial charge on any atom is 0.472 e. The van der Waals surface area contributed by atoms with Crippen molar-refractivity contribution in [3.63, 3.8) is 0 Å². The van der Waals surface area contributed by atoms with E-state index in [1.54, 1.807) is 0 Å². The molecule has 0 aliphatic carbocycles. The van der Waals surface area contributed by atoms with Crippen LogP contribution in [0.25, 0.3) is 0 Å². The van der Waals surface area contributed by atoms with Crippen LogP contribution in [0, 0.1) is 5.92 Å². The molecule has 0 rings (SSSR count). The normalized spacial score (nSPS) is 14.3. The summed E-state index contributed by atoms with van der Waals surface area (Å²) < 4.78 is 67.8. The lowest BCUT2D eigenvalue weighted by Crippen LogP contribution is -2.30. The van der Waals surface area contributed by atoms with E-state index < -0.39 is 97.5 Å². The van der Waals surface area contributed by atoms with Gasteiger partial charge in [-0.05, 0) is 31.6 Å². The fourth-order valence-electron chi connectivity index (χ4n) is 9.41. The lowest BCUT2D eigenvalue weighted by Gasteiger charge is -2.21. The number of esters is 4. The number of carbonyl (C=O) groups excluding carboxylic acids is 4. The summed E-state index contributed by atoms with van der Waals surface area (Å²) in [6, 6.07) is 0. The molecule has 19 heteroatoms. The van der Waals surface area contributed by atoms with Gasteiger partial charge in [0.05, 0.1) is 26.4 Å². The number of hydrogen-bond donors (Lipinski definition) is 3.